The van der Waals surface area contributed by atoms with Crippen molar-refractivity contribution in [2.24, 2.45) is 5.41 Å². The van der Waals surface area contributed by atoms with E-state index in [0.29, 0.717) is 5.41 Å². The van der Waals surface area contributed by atoms with Crippen LogP contribution in [0.1, 0.15) is 59.8 Å². The molecule has 0 bridgehead atoms. The predicted octanol–water partition coefficient (Wildman–Crippen LogP) is 4.46. The SMILES string of the molecule is C=CCNCCC1COC2(CC=C(C(C)(C)CC)CC2)O1.CCOC. The molecule has 0 amide bonds. The average Bonchev–Trinajstić information content (AvgIpc) is 3.02. The van der Waals surface area contributed by atoms with Crippen molar-refractivity contribution in [1.82, 2.24) is 5.32 Å². The fraction of sp³-hybridized carbons (Fsp3) is 0.810. The Balaban J connectivity index is 0.000000705. The van der Waals surface area contributed by atoms with Crippen molar-refractivity contribution in [3.05, 3.63) is 24.3 Å². The monoisotopic (exact) mass is 353 g/mol. The van der Waals surface area contributed by atoms with Crippen molar-refractivity contribution >= 4 is 0 Å². The number of methoxy groups -OCH3 is 1. The minimum Gasteiger partial charge on any atom is -0.385 e. The van der Waals surface area contributed by atoms with E-state index in [2.05, 4.69) is 43.5 Å². The molecule has 0 saturated carbocycles. The van der Waals surface area contributed by atoms with Crippen LogP contribution in [0.3, 0.4) is 0 Å². The molecular formula is C21H39NO3. The Morgan fingerprint density at radius 2 is 2.16 bits per heavy atom. The van der Waals surface area contributed by atoms with Gasteiger partial charge >= 0.3 is 0 Å². The minimum absolute atomic E-state index is 0.233. The van der Waals surface area contributed by atoms with Gasteiger partial charge in [0.05, 0.1) is 12.7 Å². The Bertz CT molecular complexity index is 417. The number of ether oxygens (including phenoxy) is 3. The molecule has 0 aromatic heterocycles. The van der Waals surface area contributed by atoms with Crippen molar-refractivity contribution in [2.75, 3.05) is 33.4 Å². The topological polar surface area (TPSA) is 39.7 Å². The van der Waals surface area contributed by atoms with Gasteiger partial charge in [0.25, 0.3) is 0 Å². The quantitative estimate of drug-likeness (QED) is 0.516. The van der Waals surface area contributed by atoms with E-state index in [1.54, 1.807) is 12.7 Å². The van der Waals surface area contributed by atoms with Crippen LogP contribution < -0.4 is 5.32 Å². The maximum Gasteiger partial charge on any atom is 0.172 e. The lowest BCUT2D eigenvalue weighted by atomic mass is 9.75. The number of hydrogen-bond acceptors (Lipinski definition) is 4. The number of hydrogen-bond donors (Lipinski definition) is 1. The molecule has 0 aromatic carbocycles. The average molecular weight is 354 g/mol. The predicted molar refractivity (Wildman–Crippen MR) is 105 cm³/mol. The Labute approximate surface area is 155 Å². The van der Waals surface area contributed by atoms with Crippen LogP contribution in [0.2, 0.25) is 0 Å². The maximum atomic E-state index is 6.23. The Morgan fingerprint density at radius 1 is 1.44 bits per heavy atom. The third-order valence-electron chi connectivity index (χ3n) is 5.32. The molecule has 4 nitrogen and oxygen atoms in total. The highest BCUT2D eigenvalue weighted by atomic mass is 16.7. The summed E-state index contributed by atoms with van der Waals surface area (Å²) in [4.78, 5) is 0. The first-order valence-electron chi connectivity index (χ1n) is 9.74. The van der Waals surface area contributed by atoms with Gasteiger partial charge in [0.1, 0.15) is 0 Å². The highest BCUT2D eigenvalue weighted by Gasteiger charge is 2.43. The molecule has 1 N–H and O–H groups in total. The Kier molecular flexibility index (Phi) is 9.95. The summed E-state index contributed by atoms with van der Waals surface area (Å²) in [7, 11) is 1.68. The van der Waals surface area contributed by atoms with Crippen LogP contribution in [0.15, 0.2) is 24.3 Å². The largest absolute Gasteiger partial charge is 0.385 e. The first-order chi connectivity index (χ1) is 11.9. The van der Waals surface area contributed by atoms with Gasteiger partial charge in [0, 0.05) is 33.1 Å². The summed E-state index contributed by atoms with van der Waals surface area (Å²) in [6.45, 7) is 16.0. The Morgan fingerprint density at radius 3 is 2.68 bits per heavy atom. The summed E-state index contributed by atoms with van der Waals surface area (Å²) in [6, 6.07) is 0. The highest BCUT2D eigenvalue weighted by molar-refractivity contribution is 5.17. The lowest BCUT2D eigenvalue weighted by Gasteiger charge is -2.36. The van der Waals surface area contributed by atoms with Crippen molar-refractivity contribution in [1.29, 1.82) is 0 Å². The molecule has 1 saturated heterocycles. The zero-order valence-corrected chi connectivity index (χ0v) is 17.0. The molecule has 4 heteroatoms. The molecule has 146 valence electrons. The number of nitrogens with one attached hydrogen (secondary N) is 1. The Hall–Kier alpha value is -0.680. The summed E-state index contributed by atoms with van der Waals surface area (Å²) >= 11 is 0. The smallest absolute Gasteiger partial charge is 0.172 e. The van der Waals surface area contributed by atoms with Gasteiger partial charge in [-0.1, -0.05) is 38.5 Å². The van der Waals surface area contributed by atoms with Gasteiger partial charge in [-0.05, 0) is 38.1 Å². The normalized spacial score (nSPS) is 26.1. The van der Waals surface area contributed by atoms with Crippen molar-refractivity contribution < 1.29 is 14.2 Å². The second-order valence-electron chi connectivity index (χ2n) is 7.49. The third kappa shape index (κ3) is 7.22. The van der Waals surface area contributed by atoms with Crippen molar-refractivity contribution in [3.8, 4) is 0 Å². The van der Waals surface area contributed by atoms with Gasteiger partial charge in [-0.2, -0.15) is 0 Å². The second-order valence-corrected chi connectivity index (χ2v) is 7.49. The van der Waals surface area contributed by atoms with Gasteiger partial charge in [0.15, 0.2) is 5.79 Å². The van der Waals surface area contributed by atoms with E-state index < -0.39 is 0 Å². The van der Waals surface area contributed by atoms with Crippen LogP contribution >= 0.6 is 0 Å². The standard InChI is InChI=1S/C18H31NO2.C3H8O/c1-5-12-19-13-9-16-14-20-18(21-16)10-7-15(8-11-18)17(3,4)6-2;1-3-4-2/h5,7,16,19H,1,6,8-14H2,2-4H3;3H2,1-2H3. The van der Waals surface area contributed by atoms with Crippen LogP contribution in [0.4, 0.5) is 0 Å². The molecule has 0 aromatic rings. The highest BCUT2D eigenvalue weighted by Crippen LogP contribution is 2.43. The van der Waals surface area contributed by atoms with Crippen LogP contribution in [0.5, 0.6) is 0 Å². The van der Waals surface area contributed by atoms with Gasteiger partial charge in [-0.15, -0.1) is 6.58 Å². The zero-order chi connectivity index (χ0) is 18.8. The van der Waals surface area contributed by atoms with Crippen LogP contribution in [0.25, 0.3) is 0 Å². The number of allylic oxidation sites excluding steroid dienone is 1. The second kappa shape index (κ2) is 11.1. The first kappa shape index (κ1) is 22.4. The lowest BCUT2D eigenvalue weighted by Crippen LogP contribution is -2.34. The molecule has 1 aliphatic carbocycles. The van der Waals surface area contributed by atoms with Crippen LogP contribution in [-0.2, 0) is 14.2 Å². The summed E-state index contributed by atoms with van der Waals surface area (Å²) in [6.07, 6.45) is 9.68. The van der Waals surface area contributed by atoms with E-state index in [0.717, 1.165) is 52.0 Å². The molecule has 2 rings (SSSR count). The number of rotatable bonds is 8. The molecule has 1 fully saturated rings. The fourth-order valence-corrected chi connectivity index (χ4v) is 3.11. The van der Waals surface area contributed by atoms with Gasteiger partial charge < -0.3 is 19.5 Å². The summed E-state index contributed by atoms with van der Waals surface area (Å²) in [5.74, 6) is -0.337. The molecule has 0 radical (unpaired) electrons. The minimum atomic E-state index is -0.337. The molecule has 2 aliphatic rings. The van der Waals surface area contributed by atoms with Crippen LogP contribution in [-0.4, -0.2) is 45.3 Å². The summed E-state index contributed by atoms with van der Waals surface area (Å²) < 4.78 is 16.8. The van der Waals surface area contributed by atoms with Gasteiger partial charge in [0.2, 0.25) is 0 Å². The van der Waals surface area contributed by atoms with E-state index >= 15 is 0 Å². The molecule has 1 aliphatic heterocycles. The van der Waals surface area contributed by atoms with E-state index in [1.165, 1.54) is 6.42 Å². The molecule has 2 atom stereocenters. The first-order valence-corrected chi connectivity index (χ1v) is 9.74. The third-order valence-corrected chi connectivity index (χ3v) is 5.32. The van der Waals surface area contributed by atoms with Gasteiger partial charge in [-0.25, -0.2) is 0 Å². The molecule has 2 unspecified atom stereocenters. The lowest BCUT2D eigenvalue weighted by molar-refractivity contribution is -0.173. The molecule has 1 spiro atoms. The zero-order valence-electron chi connectivity index (χ0n) is 17.0. The summed E-state index contributed by atoms with van der Waals surface area (Å²) in [5, 5.41) is 3.32. The van der Waals surface area contributed by atoms with Crippen LogP contribution in [0, 0.1) is 5.41 Å². The summed E-state index contributed by atoms with van der Waals surface area (Å²) in [5.41, 5.74) is 1.88. The van der Waals surface area contributed by atoms with Crippen molar-refractivity contribution in [3.63, 3.8) is 0 Å². The molecule has 25 heavy (non-hydrogen) atoms. The van der Waals surface area contributed by atoms with E-state index in [-0.39, 0.29) is 11.9 Å². The van der Waals surface area contributed by atoms with E-state index in [9.17, 15) is 0 Å². The van der Waals surface area contributed by atoms with Crippen molar-refractivity contribution in [2.45, 2.75) is 71.7 Å². The van der Waals surface area contributed by atoms with E-state index in [1.807, 2.05) is 13.0 Å². The fourth-order valence-electron chi connectivity index (χ4n) is 3.11. The molecule has 1 heterocycles. The maximum absolute atomic E-state index is 6.23. The molecular weight excluding hydrogens is 314 g/mol. The van der Waals surface area contributed by atoms with Gasteiger partial charge in [-0.3, -0.25) is 0 Å². The van der Waals surface area contributed by atoms with E-state index in [4.69, 9.17) is 9.47 Å².